The van der Waals surface area contributed by atoms with Crippen molar-refractivity contribution >= 4 is 11.6 Å². The zero-order chi connectivity index (χ0) is 14.5. The molecule has 1 atom stereocenters. The summed E-state index contributed by atoms with van der Waals surface area (Å²) >= 11 is 0. The van der Waals surface area contributed by atoms with Crippen LogP contribution in [-0.2, 0) is 6.42 Å². The molecular formula is C16H20N2O2. The van der Waals surface area contributed by atoms with E-state index in [4.69, 9.17) is 4.42 Å². The Morgan fingerprint density at radius 3 is 2.75 bits per heavy atom. The van der Waals surface area contributed by atoms with Gasteiger partial charge in [0.2, 0.25) is 0 Å². The molecule has 2 aromatic rings. The lowest BCUT2D eigenvalue weighted by Gasteiger charge is -2.14. The molecule has 0 saturated carbocycles. The van der Waals surface area contributed by atoms with Gasteiger partial charge in [0.1, 0.15) is 5.76 Å². The molecule has 0 radical (unpaired) electrons. The van der Waals surface area contributed by atoms with Gasteiger partial charge in [0.05, 0.1) is 6.26 Å². The number of hydrogen-bond donors (Lipinski definition) is 2. The maximum atomic E-state index is 12.2. The molecule has 2 rings (SSSR count). The second-order valence-electron chi connectivity index (χ2n) is 4.94. The highest BCUT2D eigenvalue weighted by atomic mass is 16.3. The molecule has 106 valence electrons. The van der Waals surface area contributed by atoms with Crippen molar-refractivity contribution in [2.75, 3.05) is 12.4 Å². The van der Waals surface area contributed by atoms with Gasteiger partial charge in [0.25, 0.3) is 5.91 Å². The zero-order valence-electron chi connectivity index (χ0n) is 12.1. The van der Waals surface area contributed by atoms with Crippen LogP contribution in [-0.4, -0.2) is 19.0 Å². The van der Waals surface area contributed by atoms with Crippen LogP contribution in [0.2, 0.25) is 0 Å². The Bertz CT molecular complexity index is 576. The van der Waals surface area contributed by atoms with Gasteiger partial charge in [0, 0.05) is 30.8 Å². The Balaban J connectivity index is 2.00. The summed E-state index contributed by atoms with van der Waals surface area (Å²) in [6.45, 7) is 3.91. The second-order valence-corrected chi connectivity index (χ2v) is 4.94. The number of rotatable bonds is 5. The molecule has 1 heterocycles. The van der Waals surface area contributed by atoms with Gasteiger partial charge in [-0.2, -0.15) is 0 Å². The Morgan fingerprint density at radius 1 is 1.35 bits per heavy atom. The third-order valence-corrected chi connectivity index (χ3v) is 3.22. The van der Waals surface area contributed by atoms with Gasteiger partial charge in [-0.1, -0.05) is 0 Å². The summed E-state index contributed by atoms with van der Waals surface area (Å²) in [6, 6.07) is 9.50. The van der Waals surface area contributed by atoms with Crippen LogP contribution in [0.15, 0.2) is 41.0 Å². The number of anilines is 1. The summed E-state index contributed by atoms with van der Waals surface area (Å²) in [6.07, 6.45) is 2.33. The number of carbonyl (C=O) groups excluding carboxylic acids is 1. The summed E-state index contributed by atoms with van der Waals surface area (Å²) in [7, 11) is 1.86. The number of furan rings is 1. The fourth-order valence-corrected chi connectivity index (χ4v) is 2.16. The van der Waals surface area contributed by atoms with Gasteiger partial charge >= 0.3 is 0 Å². The average molecular weight is 272 g/mol. The maximum Gasteiger partial charge on any atom is 0.251 e. The first-order valence-corrected chi connectivity index (χ1v) is 6.72. The number of aryl methyl sites for hydroxylation is 1. The molecule has 1 unspecified atom stereocenters. The molecule has 1 aromatic carbocycles. The highest BCUT2D eigenvalue weighted by Crippen LogP contribution is 2.15. The number of nitrogens with one attached hydrogen (secondary N) is 2. The molecular weight excluding hydrogens is 252 g/mol. The second kappa shape index (κ2) is 6.28. The number of benzene rings is 1. The first kappa shape index (κ1) is 14.2. The predicted molar refractivity (Wildman–Crippen MR) is 80.1 cm³/mol. The van der Waals surface area contributed by atoms with Gasteiger partial charge < -0.3 is 15.1 Å². The first-order valence-electron chi connectivity index (χ1n) is 6.72. The molecule has 2 N–H and O–H groups in total. The van der Waals surface area contributed by atoms with E-state index in [1.165, 1.54) is 0 Å². The van der Waals surface area contributed by atoms with Crippen LogP contribution in [0.1, 0.15) is 28.6 Å². The van der Waals surface area contributed by atoms with Crippen LogP contribution < -0.4 is 10.6 Å². The highest BCUT2D eigenvalue weighted by Gasteiger charge is 2.13. The highest BCUT2D eigenvalue weighted by molar-refractivity contribution is 5.96. The Morgan fingerprint density at radius 2 is 2.15 bits per heavy atom. The summed E-state index contributed by atoms with van der Waals surface area (Å²) in [5, 5.41) is 6.05. The minimum atomic E-state index is -0.0517. The van der Waals surface area contributed by atoms with Crippen molar-refractivity contribution in [3.8, 4) is 0 Å². The fraction of sp³-hybridized carbons (Fsp3) is 0.312. The first-order chi connectivity index (χ1) is 9.60. The molecule has 0 aliphatic carbocycles. The predicted octanol–water partition coefficient (Wildman–Crippen LogP) is 2.99. The third-order valence-electron chi connectivity index (χ3n) is 3.22. The number of hydrogen-bond acceptors (Lipinski definition) is 3. The van der Waals surface area contributed by atoms with E-state index in [0.29, 0.717) is 12.0 Å². The van der Waals surface area contributed by atoms with Crippen molar-refractivity contribution in [2.45, 2.75) is 26.3 Å². The van der Waals surface area contributed by atoms with Crippen molar-refractivity contribution in [1.82, 2.24) is 5.32 Å². The molecule has 1 amide bonds. The molecule has 4 heteroatoms. The smallest absolute Gasteiger partial charge is 0.251 e. The molecule has 20 heavy (non-hydrogen) atoms. The Hall–Kier alpha value is -2.23. The lowest BCUT2D eigenvalue weighted by molar-refractivity contribution is 0.0938. The zero-order valence-corrected chi connectivity index (χ0v) is 12.1. The Labute approximate surface area is 119 Å². The molecule has 0 aliphatic heterocycles. The van der Waals surface area contributed by atoms with Crippen molar-refractivity contribution in [3.63, 3.8) is 0 Å². The van der Waals surface area contributed by atoms with Crippen molar-refractivity contribution < 1.29 is 9.21 Å². The summed E-state index contributed by atoms with van der Waals surface area (Å²) < 4.78 is 5.29. The van der Waals surface area contributed by atoms with E-state index in [-0.39, 0.29) is 11.9 Å². The van der Waals surface area contributed by atoms with Crippen LogP contribution in [0.25, 0.3) is 0 Å². The number of carbonyl (C=O) groups is 1. The monoisotopic (exact) mass is 272 g/mol. The van der Waals surface area contributed by atoms with Crippen molar-refractivity contribution in [1.29, 1.82) is 0 Å². The lowest BCUT2D eigenvalue weighted by atomic mass is 10.1. The molecule has 4 nitrogen and oxygen atoms in total. The van der Waals surface area contributed by atoms with Gasteiger partial charge in [-0.15, -0.1) is 0 Å². The van der Waals surface area contributed by atoms with Crippen LogP contribution in [0.4, 0.5) is 5.69 Å². The van der Waals surface area contributed by atoms with Crippen LogP contribution in [0.5, 0.6) is 0 Å². The van der Waals surface area contributed by atoms with Gasteiger partial charge in [-0.3, -0.25) is 4.79 Å². The van der Waals surface area contributed by atoms with E-state index in [9.17, 15) is 4.79 Å². The van der Waals surface area contributed by atoms with E-state index in [1.807, 2.05) is 51.2 Å². The van der Waals surface area contributed by atoms with Crippen molar-refractivity contribution in [2.24, 2.45) is 0 Å². The SMILES string of the molecule is CNc1ccc(C(=O)NC(C)Cc2ccco2)c(C)c1. The minimum absolute atomic E-state index is 0.0250. The van der Waals surface area contributed by atoms with E-state index in [0.717, 1.165) is 17.0 Å². The quantitative estimate of drug-likeness (QED) is 0.879. The summed E-state index contributed by atoms with van der Waals surface area (Å²) in [4.78, 5) is 12.2. The normalized spacial score (nSPS) is 11.9. The van der Waals surface area contributed by atoms with E-state index in [1.54, 1.807) is 6.26 Å². The maximum absolute atomic E-state index is 12.2. The minimum Gasteiger partial charge on any atom is -0.469 e. The molecule has 0 spiro atoms. The van der Waals surface area contributed by atoms with E-state index in [2.05, 4.69) is 10.6 Å². The van der Waals surface area contributed by atoms with Crippen LogP contribution >= 0.6 is 0 Å². The average Bonchev–Trinajstić information content (AvgIpc) is 2.90. The molecule has 0 bridgehead atoms. The molecule has 0 fully saturated rings. The largest absolute Gasteiger partial charge is 0.469 e. The molecule has 0 aliphatic rings. The van der Waals surface area contributed by atoms with Crippen LogP contribution in [0.3, 0.4) is 0 Å². The Kier molecular flexibility index (Phi) is 4.45. The van der Waals surface area contributed by atoms with Crippen molar-refractivity contribution in [3.05, 3.63) is 53.5 Å². The van der Waals surface area contributed by atoms with Gasteiger partial charge in [0.15, 0.2) is 0 Å². The van der Waals surface area contributed by atoms with E-state index < -0.39 is 0 Å². The standard InChI is InChI=1S/C16H20N2O2/c1-11-9-13(17-3)6-7-15(11)16(19)18-12(2)10-14-5-4-8-20-14/h4-9,12,17H,10H2,1-3H3,(H,18,19). The fourth-order valence-electron chi connectivity index (χ4n) is 2.16. The number of amides is 1. The van der Waals surface area contributed by atoms with Gasteiger partial charge in [-0.05, 0) is 49.7 Å². The molecule has 0 saturated heterocycles. The van der Waals surface area contributed by atoms with Crippen LogP contribution in [0, 0.1) is 6.92 Å². The lowest BCUT2D eigenvalue weighted by Crippen LogP contribution is -2.34. The third kappa shape index (κ3) is 3.41. The molecule has 1 aromatic heterocycles. The van der Waals surface area contributed by atoms with Gasteiger partial charge in [-0.25, -0.2) is 0 Å². The summed E-state index contributed by atoms with van der Waals surface area (Å²) in [5.74, 6) is 0.823. The summed E-state index contributed by atoms with van der Waals surface area (Å²) in [5.41, 5.74) is 2.66. The van der Waals surface area contributed by atoms with E-state index >= 15 is 0 Å². The topological polar surface area (TPSA) is 54.3 Å².